The molecule has 2 aromatic rings. The highest BCUT2D eigenvalue weighted by Gasteiger charge is 2.15. The number of carbonyl (C=O) groups is 1. The van der Waals surface area contributed by atoms with Crippen molar-refractivity contribution in [2.24, 2.45) is 0 Å². The zero-order valence-electron chi connectivity index (χ0n) is 8.03. The van der Waals surface area contributed by atoms with Crippen molar-refractivity contribution in [2.75, 3.05) is 0 Å². The second kappa shape index (κ2) is 3.67. The van der Waals surface area contributed by atoms with Crippen LogP contribution in [0, 0.1) is 13.8 Å². The van der Waals surface area contributed by atoms with E-state index in [1.165, 1.54) is 11.3 Å². The Morgan fingerprint density at radius 2 is 1.86 bits per heavy atom. The van der Waals surface area contributed by atoms with Crippen LogP contribution >= 0.6 is 22.7 Å². The third-order valence-electron chi connectivity index (χ3n) is 2.17. The Kier molecular flexibility index (Phi) is 2.52. The van der Waals surface area contributed by atoms with Crippen molar-refractivity contribution in [3.63, 3.8) is 0 Å². The van der Waals surface area contributed by atoms with Gasteiger partial charge < -0.3 is 0 Å². The normalized spacial score (nSPS) is 10.4. The highest BCUT2D eigenvalue weighted by molar-refractivity contribution is 7.13. The van der Waals surface area contributed by atoms with Crippen LogP contribution in [0.15, 0.2) is 22.9 Å². The van der Waals surface area contributed by atoms with Crippen LogP contribution < -0.4 is 0 Å². The van der Waals surface area contributed by atoms with Crippen LogP contribution in [0.1, 0.15) is 25.7 Å². The van der Waals surface area contributed by atoms with Crippen molar-refractivity contribution < 1.29 is 4.79 Å². The lowest BCUT2D eigenvalue weighted by Gasteiger charge is -1.97. The molecule has 0 bridgehead atoms. The number of thiophene rings is 2. The molecular formula is C11H10OS2. The van der Waals surface area contributed by atoms with Crippen LogP contribution in [0.2, 0.25) is 0 Å². The minimum absolute atomic E-state index is 0.163. The zero-order chi connectivity index (χ0) is 10.1. The molecule has 0 atom stereocenters. The van der Waals surface area contributed by atoms with Gasteiger partial charge in [-0.3, -0.25) is 4.79 Å². The number of aryl methyl sites for hydroxylation is 2. The summed E-state index contributed by atoms with van der Waals surface area (Å²) in [5, 5.41) is 3.93. The summed E-state index contributed by atoms with van der Waals surface area (Å²) in [6.45, 7) is 3.96. The predicted octanol–water partition coefficient (Wildman–Crippen LogP) is 3.66. The highest BCUT2D eigenvalue weighted by atomic mass is 32.1. The molecule has 2 aromatic heterocycles. The van der Waals surface area contributed by atoms with E-state index in [-0.39, 0.29) is 5.78 Å². The Labute approximate surface area is 91.0 Å². The lowest BCUT2D eigenvalue weighted by Crippen LogP contribution is -1.99. The molecule has 0 spiro atoms. The van der Waals surface area contributed by atoms with Crippen molar-refractivity contribution in [3.05, 3.63) is 43.8 Å². The maximum absolute atomic E-state index is 12.0. The summed E-state index contributed by atoms with van der Waals surface area (Å²) in [5.41, 5.74) is 1.92. The molecular weight excluding hydrogens is 212 g/mol. The summed E-state index contributed by atoms with van der Waals surface area (Å²) in [6, 6.07) is 3.89. The summed E-state index contributed by atoms with van der Waals surface area (Å²) in [6.07, 6.45) is 0. The molecule has 0 N–H and O–H groups in total. The molecule has 3 heteroatoms. The molecule has 14 heavy (non-hydrogen) atoms. The van der Waals surface area contributed by atoms with E-state index in [1.807, 2.05) is 36.7 Å². The first-order chi connectivity index (χ1) is 6.70. The Balaban J connectivity index is 2.44. The van der Waals surface area contributed by atoms with E-state index in [9.17, 15) is 4.79 Å². The number of carbonyl (C=O) groups excluding carboxylic acids is 1. The topological polar surface area (TPSA) is 17.1 Å². The SMILES string of the molecule is Cc1ccsc1C(=O)c1ccsc1C. The monoisotopic (exact) mass is 222 g/mol. The van der Waals surface area contributed by atoms with Gasteiger partial charge in [0.2, 0.25) is 5.78 Å². The van der Waals surface area contributed by atoms with Crippen molar-refractivity contribution in [3.8, 4) is 0 Å². The van der Waals surface area contributed by atoms with Gasteiger partial charge in [-0.1, -0.05) is 0 Å². The lowest BCUT2D eigenvalue weighted by molar-refractivity contribution is 0.104. The van der Waals surface area contributed by atoms with E-state index in [0.29, 0.717) is 0 Å². The molecule has 0 saturated heterocycles. The number of hydrogen-bond acceptors (Lipinski definition) is 3. The molecule has 0 amide bonds. The minimum atomic E-state index is 0.163. The van der Waals surface area contributed by atoms with Crippen LogP contribution in [0.4, 0.5) is 0 Å². The van der Waals surface area contributed by atoms with Gasteiger partial charge in [-0.2, -0.15) is 0 Å². The smallest absolute Gasteiger partial charge is 0.204 e. The van der Waals surface area contributed by atoms with E-state index in [2.05, 4.69) is 0 Å². The number of rotatable bonds is 2. The summed E-state index contributed by atoms with van der Waals surface area (Å²) < 4.78 is 0. The molecule has 0 saturated carbocycles. The first-order valence-corrected chi connectivity index (χ1v) is 6.09. The van der Waals surface area contributed by atoms with Crippen molar-refractivity contribution in [2.45, 2.75) is 13.8 Å². The summed E-state index contributed by atoms with van der Waals surface area (Å²) in [7, 11) is 0. The highest BCUT2D eigenvalue weighted by Crippen LogP contribution is 2.24. The second-order valence-corrected chi connectivity index (χ2v) is 5.19. The van der Waals surface area contributed by atoms with Gasteiger partial charge in [-0.25, -0.2) is 0 Å². The van der Waals surface area contributed by atoms with E-state index in [0.717, 1.165) is 20.9 Å². The third-order valence-corrected chi connectivity index (χ3v) is 4.03. The van der Waals surface area contributed by atoms with Crippen LogP contribution in [0.5, 0.6) is 0 Å². The first kappa shape index (κ1) is 9.62. The second-order valence-electron chi connectivity index (χ2n) is 3.15. The Morgan fingerprint density at radius 3 is 2.36 bits per heavy atom. The van der Waals surface area contributed by atoms with Gasteiger partial charge in [0.25, 0.3) is 0 Å². The number of ketones is 1. The molecule has 0 unspecified atom stereocenters. The average Bonchev–Trinajstić information content (AvgIpc) is 2.73. The van der Waals surface area contributed by atoms with Gasteiger partial charge in [-0.05, 0) is 42.3 Å². The van der Waals surface area contributed by atoms with Gasteiger partial charge in [0.1, 0.15) is 0 Å². The largest absolute Gasteiger partial charge is 0.288 e. The minimum Gasteiger partial charge on any atom is -0.288 e. The van der Waals surface area contributed by atoms with E-state index in [1.54, 1.807) is 11.3 Å². The lowest BCUT2D eigenvalue weighted by atomic mass is 10.1. The van der Waals surface area contributed by atoms with E-state index in [4.69, 9.17) is 0 Å². The molecule has 0 aliphatic heterocycles. The first-order valence-electron chi connectivity index (χ1n) is 4.33. The van der Waals surface area contributed by atoms with Gasteiger partial charge in [-0.15, -0.1) is 22.7 Å². The summed E-state index contributed by atoms with van der Waals surface area (Å²) in [5.74, 6) is 0.163. The molecule has 1 nitrogen and oxygen atoms in total. The van der Waals surface area contributed by atoms with Gasteiger partial charge in [0.05, 0.1) is 4.88 Å². The molecule has 0 aromatic carbocycles. The third kappa shape index (κ3) is 1.53. The molecule has 2 rings (SSSR count). The fraction of sp³-hybridized carbons (Fsp3) is 0.182. The Morgan fingerprint density at radius 1 is 1.14 bits per heavy atom. The van der Waals surface area contributed by atoms with Crippen LogP contribution in [0.25, 0.3) is 0 Å². The molecule has 2 heterocycles. The van der Waals surface area contributed by atoms with Crippen LogP contribution in [0.3, 0.4) is 0 Å². The molecule has 72 valence electrons. The van der Waals surface area contributed by atoms with Crippen molar-refractivity contribution in [1.29, 1.82) is 0 Å². The average molecular weight is 222 g/mol. The maximum atomic E-state index is 12.0. The molecule has 0 fully saturated rings. The molecule has 0 aliphatic rings. The number of hydrogen-bond donors (Lipinski definition) is 0. The summed E-state index contributed by atoms with van der Waals surface area (Å²) >= 11 is 3.14. The van der Waals surface area contributed by atoms with E-state index >= 15 is 0 Å². The quantitative estimate of drug-likeness (QED) is 0.709. The standard InChI is InChI=1S/C11H10OS2/c1-7-3-5-14-11(7)10(12)9-4-6-13-8(9)2/h3-6H,1-2H3. The molecule has 0 aliphatic carbocycles. The van der Waals surface area contributed by atoms with Crippen molar-refractivity contribution >= 4 is 28.5 Å². The maximum Gasteiger partial charge on any atom is 0.204 e. The fourth-order valence-corrected chi connectivity index (χ4v) is 2.92. The van der Waals surface area contributed by atoms with Gasteiger partial charge in [0.15, 0.2) is 0 Å². The van der Waals surface area contributed by atoms with E-state index < -0.39 is 0 Å². The fourth-order valence-electron chi connectivity index (χ4n) is 1.35. The Hall–Kier alpha value is -0.930. The van der Waals surface area contributed by atoms with Crippen molar-refractivity contribution in [1.82, 2.24) is 0 Å². The zero-order valence-corrected chi connectivity index (χ0v) is 9.67. The molecule has 0 radical (unpaired) electrons. The predicted molar refractivity (Wildman–Crippen MR) is 61.5 cm³/mol. The summed E-state index contributed by atoms with van der Waals surface area (Å²) in [4.78, 5) is 14.0. The van der Waals surface area contributed by atoms with Gasteiger partial charge in [0, 0.05) is 10.4 Å². The van der Waals surface area contributed by atoms with Crippen LogP contribution in [-0.2, 0) is 0 Å². The van der Waals surface area contributed by atoms with Crippen LogP contribution in [-0.4, -0.2) is 5.78 Å². The van der Waals surface area contributed by atoms with Gasteiger partial charge >= 0.3 is 0 Å². The Bertz CT molecular complexity index is 423.